The van der Waals surface area contributed by atoms with Gasteiger partial charge >= 0.3 is 0 Å². The van der Waals surface area contributed by atoms with Crippen molar-refractivity contribution in [1.29, 1.82) is 0 Å². The maximum atomic E-state index is 5.89. The molecule has 0 radical (unpaired) electrons. The highest BCUT2D eigenvalue weighted by Gasteiger charge is 2.17. The van der Waals surface area contributed by atoms with Gasteiger partial charge in [-0.1, -0.05) is 47.1 Å². The van der Waals surface area contributed by atoms with Gasteiger partial charge in [0.05, 0.1) is 6.26 Å². The van der Waals surface area contributed by atoms with E-state index in [4.69, 9.17) is 4.42 Å². The number of hydrogen-bond donors (Lipinski definition) is 0. The molecule has 0 aliphatic heterocycles. The Morgan fingerprint density at radius 1 is 0.952 bits per heavy atom. The second-order valence-corrected chi connectivity index (χ2v) is 6.39. The zero-order valence-corrected chi connectivity index (χ0v) is 14.5. The van der Waals surface area contributed by atoms with Crippen LogP contribution in [0.2, 0.25) is 0 Å². The Bertz CT molecular complexity index is 810. The number of rotatable bonds is 2. The second-order valence-electron chi connectivity index (χ2n) is 5.59. The molecule has 1 nitrogen and oxygen atoms in total. The van der Waals surface area contributed by atoms with E-state index in [-0.39, 0.29) is 0 Å². The summed E-state index contributed by atoms with van der Waals surface area (Å²) in [7, 11) is 0. The first-order valence-corrected chi connectivity index (χ1v) is 8.09. The fraction of sp³-hybridized carbons (Fsp3) is 0.263. The highest BCUT2D eigenvalue weighted by molar-refractivity contribution is 9.10. The standard InChI is InChI=1S/C19H19BrO/c1-5-14-6-8-15(9-7-14)16-10-21-19-12(3)11(2)18(20)13(4)17(16)19/h6-10H,5H2,1-4H3. The maximum absolute atomic E-state index is 5.89. The molecule has 0 saturated carbocycles. The molecule has 0 bridgehead atoms. The van der Waals surface area contributed by atoms with E-state index in [9.17, 15) is 0 Å². The molecular weight excluding hydrogens is 324 g/mol. The minimum absolute atomic E-state index is 1.00. The lowest BCUT2D eigenvalue weighted by Crippen LogP contribution is -1.90. The van der Waals surface area contributed by atoms with Gasteiger partial charge in [-0.25, -0.2) is 0 Å². The van der Waals surface area contributed by atoms with E-state index in [1.807, 2.05) is 6.26 Å². The quantitative estimate of drug-likeness (QED) is 0.528. The number of hydrogen-bond acceptors (Lipinski definition) is 1. The molecule has 0 N–H and O–H groups in total. The van der Waals surface area contributed by atoms with Crippen molar-refractivity contribution in [3.63, 3.8) is 0 Å². The van der Waals surface area contributed by atoms with Gasteiger partial charge in [-0.3, -0.25) is 0 Å². The molecular formula is C19H19BrO. The highest BCUT2D eigenvalue weighted by Crippen LogP contribution is 2.39. The Labute approximate surface area is 134 Å². The van der Waals surface area contributed by atoms with Crippen LogP contribution in [0.5, 0.6) is 0 Å². The summed E-state index contributed by atoms with van der Waals surface area (Å²) in [5.41, 5.74) is 8.45. The Balaban J connectivity index is 2.29. The molecule has 0 fully saturated rings. The average Bonchev–Trinajstić information content (AvgIpc) is 2.96. The van der Waals surface area contributed by atoms with Crippen molar-refractivity contribution in [2.24, 2.45) is 0 Å². The SMILES string of the molecule is CCc1ccc(-c2coc3c(C)c(C)c(Br)c(C)c23)cc1. The molecule has 3 rings (SSSR count). The van der Waals surface area contributed by atoms with Gasteiger partial charge in [0.15, 0.2) is 0 Å². The van der Waals surface area contributed by atoms with Crippen molar-refractivity contribution in [2.45, 2.75) is 34.1 Å². The summed E-state index contributed by atoms with van der Waals surface area (Å²) < 4.78 is 7.07. The zero-order valence-electron chi connectivity index (χ0n) is 12.9. The van der Waals surface area contributed by atoms with Crippen molar-refractivity contribution < 1.29 is 4.42 Å². The van der Waals surface area contributed by atoms with Crippen molar-refractivity contribution >= 4 is 26.9 Å². The molecule has 0 amide bonds. The van der Waals surface area contributed by atoms with E-state index in [0.717, 1.165) is 12.0 Å². The van der Waals surface area contributed by atoms with E-state index in [0.29, 0.717) is 0 Å². The van der Waals surface area contributed by atoms with Crippen LogP contribution < -0.4 is 0 Å². The largest absolute Gasteiger partial charge is 0.463 e. The van der Waals surface area contributed by atoms with Crippen LogP contribution in [0.4, 0.5) is 0 Å². The lowest BCUT2D eigenvalue weighted by atomic mass is 9.96. The number of halogens is 1. The summed E-state index contributed by atoms with van der Waals surface area (Å²) in [6.07, 6.45) is 2.95. The first-order chi connectivity index (χ1) is 10.0. The molecule has 0 saturated heterocycles. The molecule has 2 aromatic carbocycles. The van der Waals surface area contributed by atoms with Crippen LogP contribution in [0.3, 0.4) is 0 Å². The predicted molar refractivity (Wildman–Crippen MR) is 92.9 cm³/mol. The molecule has 1 heterocycles. The normalized spacial score (nSPS) is 11.3. The molecule has 0 unspecified atom stereocenters. The van der Waals surface area contributed by atoms with Crippen molar-refractivity contribution in [2.75, 3.05) is 0 Å². The van der Waals surface area contributed by atoms with Crippen LogP contribution in [0.25, 0.3) is 22.1 Å². The summed E-state index contributed by atoms with van der Waals surface area (Å²) in [5.74, 6) is 0. The molecule has 108 valence electrons. The maximum Gasteiger partial charge on any atom is 0.138 e. The number of aryl methyl sites for hydroxylation is 3. The van der Waals surface area contributed by atoms with Gasteiger partial charge in [0.1, 0.15) is 5.58 Å². The fourth-order valence-electron chi connectivity index (χ4n) is 2.86. The Morgan fingerprint density at radius 2 is 1.62 bits per heavy atom. The first-order valence-electron chi connectivity index (χ1n) is 7.30. The summed E-state index contributed by atoms with van der Waals surface area (Å²) >= 11 is 3.72. The number of fused-ring (bicyclic) bond motifs is 1. The van der Waals surface area contributed by atoms with E-state index in [2.05, 4.69) is 67.9 Å². The van der Waals surface area contributed by atoms with Crippen molar-refractivity contribution in [3.8, 4) is 11.1 Å². The lowest BCUT2D eigenvalue weighted by Gasteiger charge is -2.10. The Hall–Kier alpha value is -1.54. The molecule has 2 heteroatoms. The van der Waals surface area contributed by atoms with E-state index in [1.165, 1.54) is 43.2 Å². The average molecular weight is 343 g/mol. The third-order valence-electron chi connectivity index (χ3n) is 4.40. The first kappa shape index (κ1) is 14.4. The monoisotopic (exact) mass is 342 g/mol. The van der Waals surface area contributed by atoms with Crippen LogP contribution >= 0.6 is 15.9 Å². The van der Waals surface area contributed by atoms with Crippen molar-refractivity contribution in [3.05, 3.63) is 57.3 Å². The summed E-state index contributed by atoms with van der Waals surface area (Å²) in [6.45, 7) is 8.58. The smallest absolute Gasteiger partial charge is 0.138 e. The minimum atomic E-state index is 1.00. The molecule has 0 aliphatic rings. The van der Waals surface area contributed by atoms with Crippen LogP contribution in [0.15, 0.2) is 39.4 Å². The summed E-state index contributed by atoms with van der Waals surface area (Å²) in [5, 5.41) is 1.22. The topological polar surface area (TPSA) is 13.1 Å². The number of furan rings is 1. The summed E-state index contributed by atoms with van der Waals surface area (Å²) in [4.78, 5) is 0. The number of benzene rings is 2. The van der Waals surface area contributed by atoms with Crippen LogP contribution in [0.1, 0.15) is 29.2 Å². The van der Waals surface area contributed by atoms with Gasteiger partial charge in [0, 0.05) is 15.4 Å². The molecule has 0 spiro atoms. The van der Waals surface area contributed by atoms with Gasteiger partial charge in [-0.05, 0) is 55.0 Å². The van der Waals surface area contributed by atoms with Gasteiger partial charge < -0.3 is 4.42 Å². The molecule has 3 aromatic rings. The van der Waals surface area contributed by atoms with Gasteiger partial charge in [-0.15, -0.1) is 0 Å². The molecule has 0 aliphatic carbocycles. The minimum Gasteiger partial charge on any atom is -0.463 e. The lowest BCUT2D eigenvalue weighted by molar-refractivity contribution is 0.613. The molecule has 1 aromatic heterocycles. The van der Waals surface area contributed by atoms with Gasteiger partial charge in [-0.2, -0.15) is 0 Å². The van der Waals surface area contributed by atoms with E-state index < -0.39 is 0 Å². The highest BCUT2D eigenvalue weighted by atomic mass is 79.9. The van der Waals surface area contributed by atoms with Crippen molar-refractivity contribution in [1.82, 2.24) is 0 Å². The summed E-state index contributed by atoms with van der Waals surface area (Å²) in [6, 6.07) is 8.76. The third-order valence-corrected chi connectivity index (χ3v) is 5.59. The predicted octanol–water partition coefficient (Wildman–Crippen LogP) is 6.35. The second kappa shape index (κ2) is 5.34. The molecule has 0 atom stereocenters. The Kier molecular flexibility index (Phi) is 3.66. The molecule has 21 heavy (non-hydrogen) atoms. The van der Waals surface area contributed by atoms with Gasteiger partial charge in [0.2, 0.25) is 0 Å². The van der Waals surface area contributed by atoms with E-state index in [1.54, 1.807) is 0 Å². The van der Waals surface area contributed by atoms with E-state index >= 15 is 0 Å². The Morgan fingerprint density at radius 3 is 2.24 bits per heavy atom. The third kappa shape index (κ3) is 2.22. The van der Waals surface area contributed by atoms with Crippen LogP contribution in [0, 0.1) is 20.8 Å². The fourth-order valence-corrected chi connectivity index (χ4v) is 3.36. The van der Waals surface area contributed by atoms with Crippen LogP contribution in [-0.2, 0) is 6.42 Å². The van der Waals surface area contributed by atoms with Gasteiger partial charge in [0.25, 0.3) is 0 Å². The zero-order chi connectivity index (χ0) is 15.1. The van der Waals surface area contributed by atoms with Crippen LogP contribution in [-0.4, -0.2) is 0 Å².